The third-order valence-electron chi connectivity index (χ3n) is 4.07. The lowest BCUT2D eigenvalue weighted by atomic mass is 10.1. The summed E-state index contributed by atoms with van der Waals surface area (Å²) in [6.07, 6.45) is 7.31. The van der Waals surface area contributed by atoms with Gasteiger partial charge in [-0.15, -0.1) is 0 Å². The molecule has 3 N–H and O–H groups in total. The number of pyridine rings is 1. The molecule has 0 unspecified atom stereocenters. The first-order valence-corrected chi connectivity index (χ1v) is 7.29. The minimum absolute atomic E-state index is 0.904. The van der Waals surface area contributed by atoms with Crippen LogP contribution in [-0.2, 0) is 0 Å². The van der Waals surface area contributed by atoms with Crippen LogP contribution in [0.5, 0.6) is 0 Å². The van der Waals surface area contributed by atoms with E-state index in [-0.39, 0.29) is 0 Å². The summed E-state index contributed by atoms with van der Waals surface area (Å²) in [5, 5.41) is 16.6. The van der Waals surface area contributed by atoms with E-state index in [1.54, 1.807) is 6.20 Å². The third kappa shape index (κ3) is 1.85. The van der Waals surface area contributed by atoms with Gasteiger partial charge in [-0.2, -0.15) is 10.2 Å². The molecule has 110 valence electrons. The molecule has 0 aliphatic rings. The van der Waals surface area contributed by atoms with Crippen LogP contribution in [0.4, 0.5) is 0 Å². The van der Waals surface area contributed by atoms with Gasteiger partial charge in [0.25, 0.3) is 0 Å². The Hall–Kier alpha value is -3.41. The summed E-state index contributed by atoms with van der Waals surface area (Å²) in [7, 11) is 0. The maximum absolute atomic E-state index is 4.48. The molecule has 0 amide bonds. The fourth-order valence-electron chi connectivity index (χ4n) is 2.91. The van der Waals surface area contributed by atoms with Crippen molar-refractivity contribution in [1.29, 1.82) is 0 Å². The lowest BCUT2D eigenvalue weighted by molar-refractivity contribution is 1.09. The van der Waals surface area contributed by atoms with Crippen LogP contribution < -0.4 is 0 Å². The molecular weight excluding hydrogens is 288 g/mol. The molecule has 0 bridgehead atoms. The van der Waals surface area contributed by atoms with Gasteiger partial charge >= 0.3 is 0 Å². The number of fused-ring (bicyclic) bond motifs is 2. The summed E-state index contributed by atoms with van der Waals surface area (Å²) in [4.78, 5) is 7.53. The fourth-order valence-corrected chi connectivity index (χ4v) is 2.91. The van der Waals surface area contributed by atoms with Crippen molar-refractivity contribution in [3.63, 3.8) is 0 Å². The molecule has 5 rings (SSSR count). The van der Waals surface area contributed by atoms with Crippen molar-refractivity contribution in [3.05, 3.63) is 55.1 Å². The van der Waals surface area contributed by atoms with Gasteiger partial charge in [-0.1, -0.05) is 6.07 Å². The summed E-state index contributed by atoms with van der Waals surface area (Å²) in [6.45, 7) is 0. The van der Waals surface area contributed by atoms with E-state index in [2.05, 4.69) is 48.6 Å². The zero-order valence-corrected chi connectivity index (χ0v) is 12.0. The monoisotopic (exact) mass is 300 g/mol. The number of aromatic amines is 3. The number of nitrogens with zero attached hydrogens (tertiary/aromatic N) is 3. The lowest BCUT2D eigenvalue weighted by Crippen LogP contribution is -1.79. The van der Waals surface area contributed by atoms with Crippen molar-refractivity contribution in [3.8, 4) is 22.5 Å². The maximum atomic E-state index is 4.48. The van der Waals surface area contributed by atoms with Crippen LogP contribution in [0, 0.1) is 0 Å². The quantitative estimate of drug-likeness (QED) is 0.466. The van der Waals surface area contributed by atoms with Gasteiger partial charge in [-0.3, -0.25) is 15.2 Å². The zero-order chi connectivity index (χ0) is 15.2. The molecule has 5 aromatic rings. The van der Waals surface area contributed by atoms with Gasteiger partial charge in [0.1, 0.15) is 5.69 Å². The molecule has 0 aliphatic carbocycles. The normalized spacial score (nSPS) is 11.5. The third-order valence-corrected chi connectivity index (χ3v) is 4.07. The molecule has 0 radical (unpaired) electrons. The average Bonchev–Trinajstić information content (AvgIpc) is 3.32. The minimum Gasteiger partial charge on any atom is -0.352 e. The summed E-state index contributed by atoms with van der Waals surface area (Å²) in [5.41, 5.74) is 6.05. The second-order valence-electron chi connectivity index (χ2n) is 5.47. The van der Waals surface area contributed by atoms with E-state index in [1.807, 2.05) is 30.7 Å². The molecule has 0 spiro atoms. The Morgan fingerprint density at radius 1 is 0.913 bits per heavy atom. The molecule has 1 aromatic carbocycles. The smallest absolute Gasteiger partial charge is 0.116 e. The van der Waals surface area contributed by atoms with Gasteiger partial charge < -0.3 is 4.98 Å². The Bertz CT molecular complexity index is 1080. The Balaban J connectivity index is 1.73. The predicted molar refractivity (Wildman–Crippen MR) is 88.8 cm³/mol. The van der Waals surface area contributed by atoms with Gasteiger partial charge in [0.15, 0.2) is 0 Å². The number of hydrogen-bond donors (Lipinski definition) is 3. The SMILES string of the molecule is c1cc2cc(-c3n[nH]c4ccc(-c5cn[nH]c5)cc34)[nH]c2cn1. The summed E-state index contributed by atoms with van der Waals surface area (Å²) >= 11 is 0. The van der Waals surface area contributed by atoms with E-state index in [9.17, 15) is 0 Å². The molecule has 0 fully saturated rings. The first-order valence-electron chi connectivity index (χ1n) is 7.29. The molecule has 6 nitrogen and oxygen atoms in total. The number of H-pyrrole nitrogens is 3. The number of aromatic nitrogens is 6. The van der Waals surface area contributed by atoms with E-state index >= 15 is 0 Å². The number of hydrogen-bond acceptors (Lipinski definition) is 3. The standard InChI is InChI=1S/C17H12N6/c1-2-14-13(5-10(1)12-7-19-20-8-12)17(23-22-14)15-6-11-3-4-18-9-16(11)21-15/h1-9,21H,(H,19,20)(H,22,23). The van der Waals surface area contributed by atoms with Crippen LogP contribution in [0.15, 0.2) is 55.1 Å². The average molecular weight is 300 g/mol. The lowest BCUT2D eigenvalue weighted by Gasteiger charge is -1.99. The van der Waals surface area contributed by atoms with Crippen LogP contribution in [0.2, 0.25) is 0 Å². The van der Waals surface area contributed by atoms with E-state index in [0.717, 1.165) is 44.3 Å². The number of rotatable bonds is 2. The van der Waals surface area contributed by atoms with Crippen LogP contribution in [-0.4, -0.2) is 30.4 Å². The fraction of sp³-hybridized carbons (Fsp3) is 0. The first-order chi connectivity index (χ1) is 11.4. The van der Waals surface area contributed by atoms with Gasteiger partial charge in [0.2, 0.25) is 0 Å². The van der Waals surface area contributed by atoms with Crippen molar-refractivity contribution in [2.45, 2.75) is 0 Å². The van der Waals surface area contributed by atoms with Crippen LogP contribution in [0.3, 0.4) is 0 Å². The maximum Gasteiger partial charge on any atom is 0.116 e. The molecule has 6 heteroatoms. The summed E-state index contributed by atoms with van der Waals surface area (Å²) in [5.74, 6) is 0. The second-order valence-corrected chi connectivity index (χ2v) is 5.47. The topological polar surface area (TPSA) is 86.0 Å². The molecule has 4 heterocycles. The molecule has 0 saturated heterocycles. The van der Waals surface area contributed by atoms with Gasteiger partial charge in [-0.05, 0) is 29.8 Å². The zero-order valence-electron chi connectivity index (χ0n) is 12.0. The van der Waals surface area contributed by atoms with E-state index in [0.29, 0.717) is 0 Å². The summed E-state index contributed by atoms with van der Waals surface area (Å²) < 4.78 is 0. The molecule has 0 saturated carbocycles. The number of benzene rings is 1. The highest BCUT2D eigenvalue weighted by molar-refractivity contribution is 5.97. The molecular formula is C17H12N6. The van der Waals surface area contributed by atoms with Crippen LogP contribution in [0.25, 0.3) is 44.3 Å². The van der Waals surface area contributed by atoms with Crippen molar-refractivity contribution in [1.82, 2.24) is 30.4 Å². The van der Waals surface area contributed by atoms with Gasteiger partial charge in [0.05, 0.1) is 29.1 Å². The molecule has 23 heavy (non-hydrogen) atoms. The van der Waals surface area contributed by atoms with Crippen molar-refractivity contribution < 1.29 is 0 Å². The molecule has 4 aromatic heterocycles. The largest absolute Gasteiger partial charge is 0.352 e. The van der Waals surface area contributed by atoms with Crippen molar-refractivity contribution >= 4 is 21.8 Å². The van der Waals surface area contributed by atoms with Crippen LogP contribution >= 0.6 is 0 Å². The second kappa shape index (κ2) is 4.54. The van der Waals surface area contributed by atoms with E-state index < -0.39 is 0 Å². The van der Waals surface area contributed by atoms with Crippen molar-refractivity contribution in [2.75, 3.05) is 0 Å². The Morgan fingerprint density at radius 3 is 2.78 bits per heavy atom. The van der Waals surface area contributed by atoms with Gasteiger partial charge in [0, 0.05) is 28.7 Å². The van der Waals surface area contributed by atoms with E-state index in [4.69, 9.17) is 0 Å². The van der Waals surface area contributed by atoms with Crippen molar-refractivity contribution in [2.24, 2.45) is 0 Å². The molecule has 0 aliphatic heterocycles. The minimum atomic E-state index is 0.904. The first kappa shape index (κ1) is 12.2. The molecule has 0 atom stereocenters. The Kier molecular flexibility index (Phi) is 2.40. The predicted octanol–water partition coefficient (Wildman–Crippen LogP) is 3.50. The highest BCUT2D eigenvalue weighted by Gasteiger charge is 2.12. The Labute approximate surface area is 130 Å². The highest BCUT2D eigenvalue weighted by atomic mass is 15.1. The van der Waals surface area contributed by atoms with E-state index in [1.165, 1.54) is 0 Å². The summed E-state index contributed by atoms with van der Waals surface area (Å²) in [6, 6.07) is 10.3. The Morgan fingerprint density at radius 2 is 1.91 bits per heavy atom. The van der Waals surface area contributed by atoms with Gasteiger partial charge in [-0.25, -0.2) is 0 Å². The van der Waals surface area contributed by atoms with Crippen LogP contribution in [0.1, 0.15) is 0 Å². The highest BCUT2D eigenvalue weighted by Crippen LogP contribution is 2.31. The number of nitrogens with one attached hydrogen (secondary N) is 3.